The second kappa shape index (κ2) is 5.45. The smallest absolute Gasteiger partial charge is 0.166 e. The van der Waals surface area contributed by atoms with Crippen LogP contribution in [0.5, 0.6) is 0 Å². The maximum atomic E-state index is 8.87. The average molecular weight is 216 g/mol. The molecule has 1 saturated carbocycles. The molecule has 0 amide bonds. The summed E-state index contributed by atoms with van der Waals surface area (Å²) >= 11 is 0. The number of nitrogens with one attached hydrogen (secondary N) is 1. The van der Waals surface area contributed by atoms with Crippen LogP contribution in [0.1, 0.15) is 37.7 Å². The molecule has 1 heterocycles. The third-order valence-corrected chi connectivity index (χ3v) is 3.16. The quantitative estimate of drug-likeness (QED) is 0.839. The first kappa shape index (κ1) is 10.9. The Morgan fingerprint density at radius 3 is 3.00 bits per heavy atom. The zero-order valence-corrected chi connectivity index (χ0v) is 9.32. The molecule has 1 fully saturated rings. The number of aromatic nitrogens is 2. The summed E-state index contributed by atoms with van der Waals surface area (Å²) in [4.78, 5) is 0. The molecule has 4 heteroatoms. The van der Waals surface area contributed by atoms with Crippen LogP contribution < -0.4 is 5.32 Å². The molecule has 0 aliphatic heterocycles. The number of anilines is 1. The molecular formula is C12H16N4. The van der Waals surface area contributed by atoms with Gasteiger partial charge in [-0.2, -0.15) is 10.4 Å². The summed E-state index contributed by atoms with van der Waals surface area (Å²) < 4.78 is 0. The number of rotatable bonds is 4. The fraction of sp³-hybridized carbons (Fsp3) is 0.583. The van der Waals surface area contributed by atoms with Crippen molar-refractivity contribution in [3.05, 3.63) is 17.8 Å². The number of nitrogens with zero attached hydrogens (tertiary/aromatic N) is 3. The van der Waals surface area contributed by atoms with Crippen LogP contribution >= 0.6 is 0 Å². The molecule has 16 heavy (non-hydrogen) atoms. The van der Waals surface area contributed by atoms with Crippen LogP contribution in [0.4, 0.5) is 5.82 Å². The lowest BCUT2D eigenvalue weighted by atomic mass is 10.0. The highest BCUT2D eigenvalue weighted by molar-refractivity contribution is 5.49. The lowest BCUT2D eigenvalue weighted by Gasteiger charge is -2.10. The summed E-state index contributed by atoms with van der Waals surface area (Å²) in [5.41, 5.74) is 0.571. The van der Waals surface area contributed by atoms with Crippen molar-refractivity contribution in [1.82, 2.24) is 10.2 Å². The van der Waals surface area contributed by atoms with Gasteiger partial charge < -0.3 is 5.32 Å². The average Bonchev–Trinajstić information content (AvgIpc) is 2.83. The molecule has 0 saturated heterocycles. The van der Waals surface area contributed by atoms with Crippen LogP contribution in [-0.2, 0) is 0 Å². The van der Waals surface area contributed by atoms with E-state index in [2.05, 4.69) is 21.6 Å². The van der Waals surface area contributed by atoms with E-state index in [1.807, 2.05) is 0 Å². The maximum Gasteiger partial charge on any atom is 0.166 e. The van der Waals surface area contributed by atoms with Crippen molar-refractivity contribution in [3.63, 3.8) is 0 Å². The Labute approximate surface area is 95.7 Å². The SMILES string of the molecule is N#Cc1ccnnc1NCCC1CCCC1. The number of hydrogen-bond donors (Lipinski definition) is 1. The second-order valence-electron chi connectivity index (χ2n) is 4.27. The molecule has 84 valence electrons. The minimum atomic E-state index is 0.571. The van der Waals surface area contributed by atoms with E-state index in [4.69, 9.17) is 5.26 Å². The van der Waals surface area contributed by atoms with Gasteiger partial charge in [-0.25, -0.2) is 0 Å². The first-order valence-electron chi connectivity index (χ1n) is 5.86. The molecule has 0 unspecified atom stereocenters. The molecule has 0 aromatic carbocycles. The van der Waals surface area contributed by atoms with Gasteiger partial charge in [0.25, 0.3) is 0 Å². The first-order chi connectivity index (χ1) is 7.90. The van der Waals surface area contributed by atoms with E-state index in [1.54, 1.807) is 12.3 Å². The lowest BCUT2D eigenvalue weighted by Crippen LogP contribution is -2.09. The van der Waals surface area contributed by atoms with E-state index < -0.39 is 0 Å². The molecule has 4 nitrogen and oxygen atoms in total. The minimum absolute atomic E-state index is 0.571. The van der Waals surface area contributed by atoms with E-state index in [0.29, 0.717) is 11.4 Å². The highest BCUT2D eigenvalue weighted by Crippen LogP contribution is 2.27. The van der Waals surface area contributed by atoms with Crippen LogP contribution in [0.3, 0.4) is 0 Å². The largest absolute Gasteiger partial charge is 0.367 e. The Balaban J connectivity index is 1.82. The Hall–Kier alpha value is -1.63. The number of nitriles is 1. The molecule has 0 spiro atoms. The lowest BCUT2D eigenvalue weighted by molar-refractivity contribution is 0.518. The molecule has 0 atom stereocenters. The van der Waals surface area contributed by atoms with Gasteiger partial charge in [0.15, 0.2) is 5.82 Å². The Morgan fingerprint density at radius 2 is 2.25 bits per heavy atom. The van der Waals surface area contributed by atoms with Gasteiger partial charge in [-0.15, -0.1) is 5.10 Å². The Bertz CT molecular complexity index is 377. The molecule has 0 bridgehead atoms. The van der Waals surface area contributed by atoms with Crippen molar-refractivity contribution in [1.29, 1.82) is 5.26 Å². The van der Waals surface area contributed by atoms with Crippen LogP contribution in [0, 0.1) is 17.2 Å². The fourth-order valence-corrected chi connectivity index (χ4v) is 2.25. The first-order valence-corrected chi connectivity index (χ1v) is 5.86. The summed E-state index contributed by atoms with van der Waals surface area (Å²) in [6.07, 6.45) is 8.17. The molecule has 2 rings (SSSR count). The van der Waals surface area contributed by atoms with Crippen molar-refractivity contribution >= 4 is 5.82 Å². The topological polar surface area (TPSA) is 61.6 Å². The third-order valence-electron chi connectivity index (χ3n) is 3.16. The van der Waals surface area contributed by atoms with E-state index in [1.165, 1.54) is 32.1 Å². The highest BCUT2D eigenvalue weighted by Gasteiger charge is 2.14. The van der Waals surface area contributed by atoms with Crippen molar-refractivity contribution in [2.45, 2.75) is 32.1 Å². The van der Waals surface area contributed by atoms with Crippen molar-refractivity contribution < 1.29 is 0 Å². The zero-order valence-electron chi connectivity index (χ0n) is 9.32. The van der Waals surface area contributed by atoms with Gasteiger partial charge in [0.1, 0.15) is 6.07 Å². The predicted molar refractivity (Wildman–Crippen MR) is 61.8 cm³/mol. The van der Waals surface area contributed by atoms with Gasteiger partial charge in [-0.05, 0) is 18.4 Å². The Kier molecular flexibility index (Phi) is 3.71. The van der Waals surface area contributed by atoms with Crippen LogP contribution in [-0.4, -0.2) is 16.7 Å². The minimum Gasteiger partial charge on any atom is -0.367 e. The van der Waals surface area contributed by atoms with Crippen molar-refractivity contribution in [2.24, 2.45) is 5.92 Å². The molecule has 1 N–H and O–H groups in total. The molecule has 1 aromatic rings. The van der Waals surface area contributed by atoms with Gasteiger partial charge >= 0.3 is 0 Å². The van der Waals surface area contributed by atoms with E-state index in [9.17, 15) is 0 Å². The van der Waals surface area contributed by atoms with E-state index in [-0.39, 0.29) is 0 Å². The molecule has 1 aliphatic rings. The van der Waals surface area contributed by atoms with Gasteiger partial charge in [-0.3, -0.25) is 0 Å². The zero-order chi connectivity index (χ0) is 11.2. The van der Waals surface area contributed by atoms with E-state index >= 15 is 0 Å². The van der Waals surface area contributed by atoms with Crippen LogP contribution in [0.2, 0.25) is 0 Å². The summed E-state index contributed by atoms with van der Waals surface area (Å²) in [6, 6.07) is 3.79. The maximum absolute atomic E-state index is 8.87. The summed E-state index contributed by atoms with van der Waals surface area (Å²) in [7, 11) is 0. The summed E-state index contributed by atoms with van der Waals surface area (Å²) in [6.45, 7) is 0.887. The van der Waals surface area contributed by atoms with Gasteiger partial charge in [0.2, 0.25) is 0 Å². The molecule has 1 aliphatic carbocycles. The van der Waals surface area contributed by atoms with Gasteiger partial charge in [-0.1, -0.05) is 25.7 Å². The Morgan fingerprint density at radius 1 is 1.44 bits per heavy atom. The summed E-state index contributed by atoms with van der Waals surface area (Å²) in [5, 5.41) is 19.8. The fourth-order valence-electron chi connectivity index (χ4n) is 2.25. The second-order valence-corrected chi connectivity index (χ2v) is 4.27. The third kappa shape index (κ3) is 2.69. The molecular weight excluding hydrogens is 200 g/mol. The molecule has 0 radical (unpaired) electrons. The predicted octanol–water partition coefficient (Wildman–Crippen LogP) is 2.34. The monoisotopic (exact) mass is 216 g/mol. The van der Waals surface area contributed by atoms with Crippen molar-refractivity contribution in [2.75, 3.05) is 11.9 Å². The normalized spacial score (nSPS) is 15.9. The molecule has 1 aromatic heterocycles. The highest BCUT2D eigenvalue weighted by atomic mass is 15.2. The standard InChI is InChI=1S/C12H16N4/c13-9-11-6-8-15-16-12(11)14-7-5-10-3-1-2-4-10/h6,8,10H,1-5,7H2,(H,14,16). The van der Waals surface area contributed by atoms with Gasteiger partial charge in [0.05, 0.1) is 11.8 Å². The van der Waals surface area contributed by atoms with Gasteiger partial charge in [0, 0.05) is 6.54 Å². The number of hydrogen-bond acceptors (Lipinski definition) is 4. The van der Waals surface area contributed by atoms with Crippen LogP contribution in [0.25, 0.3) is 0 Å². The summed E-state index contributed by atoms with van der Waals surface area (Å²) in [5.74, 6) is 1.47. The van der Waals surface area contributed by atoms with Crippen molar-refractivity contribution in [3.8, 4) is 6.07 Å². The van der Waals surface area contributed by atoms with Crippen LogP contribution in [0.15, 0.2) is 12.3 Å². The van der Waals surface area contributed by atoms with E-state index in [0.717, 1.165) is 12.5 Å².